The lowest BCUT2D eigenvalue weighted by molar-refractivity contribution is -0.118. The number of aliphatic hydroxyl groups is 2. The number of anilines is 3. The van der Waals surface area contributed by atoms with E-state index < -0.39 is 47.5 Å². The summed E-state index contributed by atoms with van der Waals surface area (Å²) < 4.78 is 5.22. The third kappa shape index (κ3) is 8.60. The van der Waals surface area contributed by atoms with E-state index in [1.54, 1.807) is 20.8 Å². The molecule has 15 heteroatoms. The average molecular weight is 498 g/mol. The van der Waals surface area contributed by atoms with Crippen LogP contribution >= 0.6 is 0 Å². The van der Waals surface area contributed by atoms with Crippen LogP contribution in [0.3, 0.4) is 0 Å². The van der Waals surface area contributed by atoms with E-state index in [4.69, 9.17) is 15.9 Å². The number of rotatable bonds is 9. The Hall–Kier alpha value is -3.59. The molecule has 0 saturated heterocycles. The van der Waals surface area contributed by atoms with Crippen molar-refractivity contribution in [2.45, 2.75) is 70.4 Å². The minimum absolute atomic E-state index is 0.0534. The smallest absolute Gasteiger partial charge is 0.408 e. The molecule has 0 bridgehead atoms. The van der Waals surface area contributed by atoms with Gasteiger partial charge >= 0.3 is 6.09 Å². The highest BCUT2D eigenvalue weighted by atomic mass is 16.6. The highest BCUT2D eigenvalue weighted by molar-refractivity contribution is 5.95. The summed E-state index contributed by atoms with van der Waals surface area (Å²) in [5.74, 6) is -0.861. The van der Waals surface area contributed by atoms with Gasteiger partial charge in [-0.25, -0.2) is 4.79 Å². The van der Waals surface area contributed by atoms with E-state index in [9.17, 15) is 24.6 Å². The van der Waals surface area contributed by atoms with Crippen LogP contribution in [0.5, 0.6) is 0 Å². The first-order chi connectivity index (χ1) is 16.3. The Labute approximate surface area is 202 Å². The molecule has 1 aliphatic heterocycles. The molecule has 0 aliphatic carbocycles. The van der Waals surface area contributed by atoms with Gasteiger partial charge in [0.1, 0.15) is 23.4 Å². The minimum Gasteiger partial charge on any atom is -0.444 e. The number of nitrogens with two attached hydrogens (primary N) is 1. The van der Waals surface area contributed by atoms with Crippen molar-refractivity contribution < 1.29 is 24.5 Å². The number of ether oxygens (including phenoxy) is 1. The number of hydrogen-bond acceptors (Lipinski definition) is 10. The van der Waals surface area contributed by atoms with Crippen LogP contribution in [0.1, 0.15) is 40.5 Å². The van der Waals surface area contributed by atoms with Gasteiger partial charge in [-0.2, -0.15) is 4.98 Å². The molecule has 11 N–H and O–H groups in total. The van der Waals surface area contributed by atoms with Gasteiger partial charge in [0, 0.05) is 13.1 Å². The van der Waals surface area contributed by atoms with Crippen molar-refractivity contribution in [1.82, 2.24) is 20.6 Å². The van der Waals surface area contributed by atoms with Gasteiger partial charge < -0.3 is 42.0 Å². The second-order valence-corrected chi connectivity index (χ2v) is 9.17. The molecule has 1 aromatic heterocycles. The summed E-state index contributed by atoms with van der Waals surface area (Å²) in [4.78, 5) is 44.3. The molecule has 1 unspecified atom stereocenters. The number of nitrogens with zero attached hydrogens (tertiary/aromatic N) is 1. The highest BCUT2D eigenvalue weighted by Gasteiger charge is 2.30. The third-order valence-electron chi connectivity index (χ3n) is 4.88. The van der Waals surface area contributed by atoms with E-state index in [0.29, 0.717) is 13.0 Å². The summed E-state index contributed by atoms with van der Waals surface area (Å²) in [6.07, 6.45) is -2.36. The molecule has 2 amide bonds. The van der Waals surface area contributed by atoms with Crippen LogP contribution < -0.4 is 37.9 Å². The van der Waals surface area contributed by atoms with Gasteiger partial charge in [-0.05, 0) is 40.5 Å². The van der Waals surface area contributed by atoms with E-state index in [0.717, 1.165) is 0 Å². The van der Waals surface area contributed by atoms with Crippen molar-refractivity contribution in [2.24, 2.45) is 5.73 Å². The van der Waals surface area contributed by atoms with Crippen molar-refractivity contribution in [3.63, 3.8) is 0 Å². The molecule has 15 nitrogen and oxygen atoms in total. The zero-order valence-electron chi connectivity index (χ0n) is 20.2. The van der Waals surface area contributed by atoms with Crippen molar-refractivity contribution in [1.29, 1.82) is 5.41 Å². The van der Waals surface area contributed by atoms with Crippen molar-refractivity contribution >= 4 is 35.4 Å². The Balaban J connectivity index is 2.13. The fourth-order valence-electron chi connectivity index (χ4n) is 3.23. The summed E-state index contributed by atoms with van der Waals surface area (Å²) in [5, 5.41) is 40.2. The maximum atomic E-state index is 12.9. The van der Waals surface area contributed by atoms with Gasteiger partial charge in [0.25, 0.3) is 5.56 Å². The number of amides is 2. The van der Waals surface area contributed by atoms with Crippen LogP contribution in [0, 0.1) is 5.41 Å². The van der Waals surface area contributed by atoms with Crippen LogP contribution in [0.4, 0.5) is 22.2 Å². The number of carbonyl (C=O) groups excluding carboxylic acids is 2. The Morgan fingerprint density at radius 3 is 2.63 bits per heavy atom. The summed E-state index contributed by atoms with van der Waals surface area (Å²) >= 11 is 0. The predicted molar refractivity (Wildman–Crippen MR) is 129 cm³/mol. The molecule has 0 spiro atoms. The largest absolute Gasteiger partial charge is 0.444 e. The second kappa shape index (κ2) is 11.7. The van der Waals surface area contributed by atoms with E-state index in [-0.39, 0.29) is 36.4 Å². The topological polar surface area (TPSA) is 240 Å². The SMILES string of the molecule is C[C@H](O)[C@H](O)C1CNc2nc(NC(=O)[C@H](CCCNC(=N)N)NC(=O)OC(C)(C)C)[nH]c(=O)c2N1. The number of alkyl carbamates (subject to hydrolysis) is 1. The molecule has 0 saturated carbocycles. The number of hydrogen-bond donors (Lipinski definition) is 10. The lowest BCUT2D eigenvalue weighted by Crippen LogP contribution is -2.49. The van der Waals surface area contributed by atoms with Gasteiger partial charge in [-0.15, -0.1) is 0 Å². The van der Waals surface area contributed by atoms with E-state index in [1.807, 2.05) is 0 Å². The fraction of sp³-hybridized carbons (Fsp3) is 0.650. The summed E-state index contributed by atoms with van der Waals surface area (Å²) in [7, 11) is 0. The number of aromatic nitrogens is 2. The normalized spacial score (nSPS) is 17.5. The molecular weight excluding hydrogens is 462 g/mol. The molecule has 196 valence electrons. The molecule has 35 heavy (non-hydrogen) atoms. The van der Waals surface area contributed by atoms with E-state index in [2.05, 4.69) is 36.6 Å². The number of carbonyl (C=O) groups is 2. The lowest BCUT2D eigenvalue weighted by atomic mass is 10.0. The molecule has 0 radical (unpaired) electrons. The number of fused-ring (bicyclic) bond motifs is 1. The Morgan fingerprint density at radius 1 is 1.34 bits per heavy atom. The molecule has 1 aliphatic rings. The quantitative estimate of drug-likeness (QED) is 0.110. The number of nitrogens with one attached hydrogen (secondary N) is 7. The summed E-state index contributed by atoms with van der Waals surface area (Å²) in [6, 6.07) is -1.66. The minimum atomic E-state index is -1.12. The van der Waals surface area contributed by atoms with Crippen molar-refractivity contribution in [3.8, 4) is 0 Å². The zero-order chi connectivity index (χ0) is 26.3. The Bertz CT molecular complexity index is 975. The van der Waals surface area contributed by atoms with E-state index in [1.165, 1.54) is 6.92 Å². The monoisotopic (exact) mass is 497 g/mol. The van der Waals surface area contributed by atoms with Crippen LogP contribution in [0.25, 0.3) is 0 Å². The first-order valence-corrected chi connectivity index (χ1v) is 11.2. The van der Waals surface area contributed by atoms with Crippen LogP contribution in [0.15, 0.2) is 4.79 Å². The zero-order valence-corrected chi connectivity index (χ0v) is 20.2. The van der Waals surface area contributed by atoms with Crippen LogP contribution in [-0.4, -0.2) is 81.1 Å². The first kappa shape index (κ1) is 27.7. The molecular formula is C20H35N9O6. The second-order valence-electron chi connectivity index (χ2n) is 9.17. The van der Waals surface area contributed by atoms with Gasteiger partial charge in [0.05, 0.1) is 12.1 Å². The number of aliphatic hydroxyl groups excluding tert-OH is 2. The van der Waals surface area contributed by atoms with Crippen molar-refractivity contribution in [2.75, 3.05) is 29.0 Å². The highest BCUT2D eigenvalue weighted by Crippen LogP contribution is 2.22. The third-order valence-corrected chi connectivity index (χ3v) is 4.88. The van der Waals surface area contributed by atoms with Gasteiger partial charge in [0.15, 0.2) is 11.8 Å². The fourth-order valence-corrected chi connectivity index (χ4v) is 3.23. The van der Waals surface area contributed by atoms with Gasteiger partial charge in [-0.3, -0.25) is 25.3 Å². The molecule has 1 aromatic rings. The lowest BCUT2D eigenvalue weighted by Gasteiger charge is -2.31. The molecule has 2 rings (SSSR count). The van der Waals surface area contributed by atoms with Crippen LogP contribution in [0.2, 0.25) is 0 Å². The number of aromatic amines is 1. The van der Waals surface area contributed by atoms with E-state index >= 15 is 0 Å². The Morgan fingerprint density at radius 2 is 2.03 bits per heavy atom. The predicted octanol–water partition coefficient (Wildman–Crippen LogP) is -1.19. The molecule has 2 heterocycles. The number of guanidine groups is 1. The first-order valence-electron chi connectivity index (χ1n) is 11.2. The van der Waals surface area contributed by atoms with Gasteiger partial charge in [-0.1, -0.05) is 0 Å². The summed E-state index contributed by atoms with van der Waals surface area (Å²) in [5.41, 5.74) is 3.93. The maximum absolute atomic E-state index is 12.9. The Kier molecular flexibility index (Phi) is 9.25. The van der Waals surface area contributed by atoms with Crippen LogP contribution in [-0.2, 0) is 9.53 Å². The molecule has 0 fully saturated rings. The molecule has 0 aromatic carbocycles. The van der Waals surface area contributed by atoms with Gasteiger partial charge in [0.2, 0.25) is 11.9 Å². The molecule has 4 atom stereocenters. The standard InChI is InChI=1S/C20H35N9O6/c1-9(30)13(31)11-8-24-14-12(25-11)16(33)29-18(27-14)28-15(32)10(6-5-7-23-17(21)22)26-19(34)35-20(2,3)4/h9-11,13,25,30-31H,5-8H2,1-4H3,(H,26,34)(H4,21,22,23)(H3,24,27,28,29,32,33)/t9-,10-,11?,13-/m0/s1. The average Bonchev–Trinajstić information content (AvgIpc) is 2.73. The summed E-state index contributed by atoms with van der Waals surface area (Å²) in [6.45, 7) is 6.97. The van der Waals surface area contributed by atoms with Crippen molar-refractivity contribution in [3.05, 3.63) is 10.4 Å². The maximum Gasteiger partial charge on any atom is 0.408 e. The number of H-pyrrole nitrogens is 1.